The second kappa shape index (κ2) is 3.27. The monoisotopic (exact) mass is 170 g/mol. The van der Waals surface area contributed by atoms with E-state index >= 15 is 0 Å². The van der Waals surface area contributed by atoms with E-state index in [0.29, 0.717) is 0 Å². The van der Waals surface area contributed by atoms with E-state index in [1.807, 2.05) is 0 Å². The average Bonchev–Trinajstić information content (AvgIpc) is 1.62. The van der Waals surface area contributed by atoms with Gasteiger partial charge in [-0.2, -0.15) is 12.6 Å². The van der Waals surface area contributed by atoms with Crippen molar-refractivity contribution < 1.29 is 18.9 Å². The van der Waals surface area contributed by atoms with Crippen LogP contribution >= 0.6 is 20.5 Å². The highest BCUT2D eigenvalue weighted by Crippen LogP contribution is 2.38. The average molecular weight is 170 g/mol. The third-order valence-electron chi connectivity index (χ3n) is 0.424. The minimum Gasteiger partial charge on any atom is -0.409 e. The fourth-order valence-electron chi connectivity index (χ4n) is 0.197. The Balaban J connectivity index is 3.75. The van der Waals surface area contributed by atoms with Gasteiger partial charge in [0.1, 0.15) is 5.76 Å². The Kier molecular flexibility index (Phi) is 3.28. The lowest BCUT2D eigenvalue weighted by Crippen LogP contribution is -1.88. The highest BCUT2D eigenvalue weighted by atomic mass is 32.1. The lowest BCUT2D eigenvalue weighted by molar-refractivity contribution is 0.244. The molecule has 0 aliphatic rings. The third-order valence-corrected chi connectivity index (χ3v) is 1.27. The van der Waals surface area contributed by atoms with Gasteiger partial charge in [-0.15, -0.1) is 0 Å². The van der Waals surface area contributed by atoms with E-state index in [1.54, 1.807) is 0 Å². The zero-order valence-electron chi connectivity index (χ0n) is 4.52. The topological polar surface area (TPSA) is 66.8 Å². The quantitative estimate of drug-likeness (QED) is 0.328. The maximum absolute atomic E-state index is 9.98. The molecule has 2 N–H and O–H groups in total. The second-order valence-corrected chi connectivity index (χ2v) is 2.76. The first-order valence-corrected chi connectivity index (χ1v) is 4.16. The molecular formula is C3H7O4PS. The zero-order chi connectivity index (χ0) is 7.49. The van der Waals surface area contributed by atoms with Crippen LogP contribution in [-0.4, -0.2) is 15.5 Å². The van der Waals surface area contributed by atoms with E-state index < -0.39 is 7.82 Å². The van der Waals surface area contributed by atoms with Gasteiger partial charge in [-0.3, -0.25) is 9.79 Å². The van der Waals surface area contributed by atoms with Gasteiger partial charge in [-0.05, 0) is 0 Å². The molecule has 0 rings (SSSR count). The zero-order valence-corrected chi connectivity index (χ0v) is 6.31. The van der Waals surface area contributed by atoms with Gasteiger partial charge in [-0.25, -0.2) is 4.57 Å². The first-order valence-electron chi connectivity index (χ1n) is 1.99. The molecule has 9 heavy (non-hydrogen) atoms. The molecule has 54 valence electrons. The van der Waals surface area contributed by atoms with Crippen molar-refractivity contribution in [1.29, 1.82) is 0 Å². The van der Waals surface area contributed by atoms with Crippen LogP contribution in [0.3, 0.4) is 0 Å². The molecule has 0 heterocycles. The Morgan fingerprint density at radius 3 is 2.33 bits per heavy atom. The summed E-state index contributed by atoms with van der Waals surface area (Å²) in [4.78, 5) is 16.2. The van der Waals surface area contributed by atoms with Crippen LogP contribution in [-0.2, 0) is 9.09 Å². The lowest BCUT2D eigenvalue weighted by Gasteiger charge is -2.05. The van der Waals surface area contributed by atoms with Crippen molar-refractivity contribution >= 4 is 20.5 Å². The molecule has 0 fully saturated rings. The molecule has 0 aliphatic carbocycles. The molecule has 0 aromatic carbocycles. The Bertz CT molecular complexity index is 150. The van der Waals surface area contributed by atoms with E-state index in [-0.39, 0.29) is 11.5 Å². The molecule has 0 spiro atoms. The number of rotatable bonds is 3. The van der Waals surface area contributed by atoms with Gasteiger partial charge in [0.05, 0.1) is 0 Å². The van der Waals surface area contributed by atoms with Crippen molar-refractivity contribution in [2.24, 2.45) is 0 Å². The standard InChI is InChI=1S/C3H7O4PS/c1-3(2-9)7-8(4,5)6/h9H,1-2H2,(H2,4,5,6). The van der Waals surface area contributed by atoms with Gasteiger partial charge in [0, 0.05) is 5.75 Å². The number of thiol groups is 1. The first-order chi connectivity index (χ1) is 3.95. The van der Waals surface area contributed by atoms with Crippen LogP contribution in [0.25, 0.3) is 0 Å². The fourth-order valence-corrected chi connectivity index (χ4v) is 0.764. The lowest BCUT2D eigenvalue weighted by atomic mass is 10.7. The Hall–Kier alpha value is 0.0400. The Morgan fingerprint density at radius 1 is 1.78 bits per heavy atom. The summed E-state index contributed by atoms with van der Waals surface area (Å²) in [7, 11) is -4.39. The molecule has 0 saturated carbocycles. The van der Waals surface area contributed by atoms with E-state index in [0.717, 1.165) is 0 Å². The van der Waals surface area contributed by atoms with Crippen LogP contribution in [0.15, 0.2) is 12.3 Å². The predicted molar refractivity (Wildman–Crippen MR) is 36.1 cm³/mol. The number of hydrogen-bond acceptors (Lipinski definition) is 3. The summed E-state index contributed by atoms with van der Waals surface area (Å²) in [6, 6.07) is 0. The maximum Gasteiger partial charge on any atom is 0.524 e. The van der Waals surface area contributed by atoms with Crippen LogP contribution in [0, 0.1) is 0 Å². The summed E-state index contributed by atoms with van der Waals surface area (Å²) >= 11 is 3.66. The van der Waals surface area contributed by atoms with Crippen molar-refractivity contribution in [3.63, 3.8) is 0 Å². The van der Waals surface area contributed by atoms with Gasteiger partial charge in [0.2, 0.25) is 0 Å². The summed E-state index contributed by atoms with van der Waals surface area (Å²) in [6.07, 6.45) is 0. The van der Waals surface area contributed by atoms with E-state index in [4.69, 9.17) is 9.79 Å². The van der Waals surface area contributed by atoms with Crippen molar-refractivity contribution in [3.8, 4) is 0 Å². The van der Waals surface area contributed by atoms with Crippen LogP contribution in [0.1, 0.15) is 0 Å². The van der Waals surface area contributed by atoms with E-state index in [1.165, 1.54) is 0 Å². The number of phosphoric ester groups is 1. The highest BCUT2D eigenvalue weighted by Gasteiger charge is 2.14. The molecular weight excluding hydrogens is 163 g/mol. The van der Waals surface area contributed by atoms with E-state index in [9.17, 15) is 4.57 Å². The van der Waals surface area contributed by atoms with Crippen LogP contribution < -0.4 is 0 Å². The van der Waals surface area contributed by atoms with Crippen LogP contribution in [0.5, 0.6) is 0 Å². The smallest absolute Gasteiger partial charge is 0.409 e. The van der Waals surface area contributed by atoms with Gasteiger partial charge in [0.15, 0.2) is 0 Å². The van der Waals surface area contributed by atoms with E-state index in [2.05, 4.69) is 23.7 Å². The minimum atomic E-state index is -4.39. The SMILES string of the molecule is C=C(CS)OP(=O)(O)O. The molecule has 0 aromatic heterocycles. The molecule has 0 saturated heterocycles. The Morgan fingerprint density at radius 2 is 2.22 bits per heavy atom. The molecule has 0 aliphatic heterocycles. The summed E-state index contributed by atoms with van der Waals surface area (Å²) < 4.78 is 14.0. The number of hydrogen-bond donors (Lipinski definition) is 3. The third kappa shape index (κ3) is 5.92. The van der Waals surface area contributed by atoms with Crippen molar-refractivity contribution in [2.75, 3.05) is 5.75 Å². The molecule has 6 heteroatoms. The maximum atomic E-state index is 9.98. The largest absolute Gasteiger partial charge is 0.524 e. The second-order valence-electron chi connectivity index (χ2n) is 1.28. The van der Waals surface area contributed by atoms with Crippen molar-refractivity contribution in [3.05, 3.63) is 12.3 Å². The highest BCUT2D eigenvalue weighted by molar-refractivity contribution is 7.80. The summed E-state index contributed by atoms with van der Waals surface area (Å²) in [6.45, 7) is 3.17. The molecule has 4 nitrogen and oxygen atoms in total. The normalized spacial score (nSPS) is 11.0. The van der Waals surface area contributed by atoms with Crippen LogP contribution in [0.2, 0.25) is 0 Å². The van der Waals surface area contributed by atoms with Crippen molar-refractivity contribution in [2.45, 2.75) is 0 Å². The predicted octanol–water partition coefficient (Wildman–Crippen LogP) is 0.539. The van der Waals surface area contributed by atoms with Gasteiger partial charge >= 0.3 is 7.82 Å². The first kappa shape index (κ1) is 9.04. The molecule has 0 atom stereocenters. The van der Waals surface area contributed by atoms with Gasteiger partial charge < -0.3 is 4.52 Å². The summed E-state index contributed by atoms with van der Waals surface area (Å²) in [5, 5.41) is 0. The molecule has 0 radical (unpaired) electrons. The molecule has 0 aromatic rings. The minimum absolute atomic E-state index is 0.0355. The summed E-state index contributed by atoms with van der Waals surface area (Å²) in [5.41, 5.74) is 0. The molecule has 0 bridgehead atoms. The number of phosphoric acid groups is 1. The molecule has 0 amide bonds. The molecule has 0 unspecified atom stereocenters. The Labute approximate surface area is 58.2 Å². The van der Waals surface area contributed by atoms with Gasteiger partial charge in [-0.1, -0.05) is 6.58 Å². The van der Waals surface area contributed by atoms with Crippen LogP contribution in [0.4, 0.5) is 0 Å². The van der Waals surface area contributed by atoms with Gasteiger partial charge in [0.25, 0.3) is 0 Å². The van der Waals surface area contributed by atoms with Crippen molar-refractivity contribution in [1.82, 2.24) is 0 Å². The fraction of sp³-hybridized carbons (Fsp3) is 0.333. The summed E-state index contributed by atoms with van der Waals surface area (Å²) in [5.74, 6) is 0.0668.